The van der Waals surface area contributed by atoms with Crippen molar-refractivity contribution in [3.63, 3.8) is 0 Å². The van der Waals surface area contributed by atoms with E-state index < -0.39 is 7.92 Å². The van der Waals surface area contributed by atoms with Crippen molar-refractivity contribution in [1.82, 2.24) is 0 Å². The molecule has 0 nitrogen and oxygen atoms in total. The first kappa shape index (κ1) is 24.4. The second kappa shape index (κ2) is 14.2. The Morgan fingerprint density at radius 2 is 1.17 bits per heavy atom. The first-order chi connectivity index (χ1) is 14.6. The van der Waals surface area contributed by atoms with Gasteiger partial charge in [-0.25, -0.2) is 0 Å². The minimum absolute atomic E-state index is 0.446. The Bertz CT molecular complexity index is 748. The lowest BCUT2D eigenvalue weighted by molar-refractivity contribution is 0.554. The maximum Gasteiger partial charge on any atom is 0.0406 e. The van der Waals surface area contributed by atoms with Gasteiger partial charge in [0.2, 0.25) is 0 Å². The van der Waals surface area contributed by atoms with Gasteiger partial charge in [0, 0.05) is 5.88 Å². The topological polar surface area (TPSA) is 0 Å². The van der Waals surface area contributed by atoms with Gasteiger partial charge in [-0.15, -0.1) is 11.6 Å². The van der Waals surface area contributed by atoms with Crippen LogP contribution < -0.4 is 15.9 Å². The highest BCUT2D eigenvalue weighted by atomic mass is 35.5. The molecule has 2 heteroatoms. The standard InChI is InChI=1S/C18H15P.C10H19Cl/c1-4-10-16(11-5-1)19(17-12-6-2-7-13-17)18-14-8-3-9-15-18;1-9(2)5-4-6-10(3)7-8-11/h1-15H;7,9H,4-6,8H2,1-3H3/b;10-7+. The van der Waals surface area contributed by atoms with Crippen LogP contribution in [0.15, 0.2) is 103 Å². The molecule has 0 saturated heterocycles. The fraction of sp³-hybridized carbons (Fsp3) is 0.286. The highest BCUT2D eigenvalue weighted by Gasteiger charge is 2.14. The number of hydrogen-bond acceptors (Lipinski definition) is 0. The summed E-state index contributed by atoms with van der Waals surface area (Å²) in [5.74, 6) is 1.49. The average Bonchev–Trinajstić information content (AvgIpc) is 2.77. The zero-order chi connectivity index (χ0) is 21.6. The van der Waals surface area contributed by atoms with Crippen LogP contribution in [-0.2, 0) is 0 Å². The Balaban J connectivity index is 0.000000252. The van der Waals surface area contributed by atoms with Crippen molar-refractivity contribution in [2.24, 2.45) is 5.92 Å². The van der Waals surface area contributed by atoms with Gasteiger partial charge >= 0.3 is 0 Å². The van der Waals surface area contributed by atoms with Crippen molar-refractivity contribution in [1.29, 1.82) is 0 Å². The number of hydrogen-bond donors (Lipinski definition) is 0. The Kier molecular flexibility index (Phi) is 11.5. The summed E-state index contributed by atoms with van der Waals surface area (Å²) in [6.07, 6.45) is 5.94. The Morgan fingerprint density at radius 1 is 0.767 bits per heavy atom. The van der Waals surface area contributed by atoms with Crippen molar-refractivity contribution in [3.05, 3.63) is 103 Å². The molecule has 0 aliphatic rings. The first-order valence-electron chi connectivity index (χ1n) is 10.8. The fourth-order valence-electron chi connectivity index (χ4n) is 3.20. The van der Waals surface area contributed by atoms with Gasteiger partial charge in [0.1, 0.15) is 0 Å². The molecule has 0 spiro atoms. The fourth-order valence-corrected chi connectivity index (χ4v) is 5.77. The maximum absolute atomic E-state index is 5.56. The van der Waals surface area contributed by atoms with E-state index in [-0.39, 0.29) is 0 Å². The molecule has 0 aliphatic heterocycles. The van der Waals surface area contributed by atoms with Gasteiger partial charge in [-0.3, -0.25) is 0 Å². The van der Waals surface area contributed by atoms with E-state index in [0.29, 0.717) is 5.88 Å². The summed E-state index contributed by atoms with van der Waals surface area (Å²) in [4.78, 5) is 0. The summed E-state index contributed by atoms with van der Waals surface area (Å²) in [6.45, 7) is 6.68. The summed E-state index contributed by atoms with van der Waals surface area (Å²) in [7, 11) is -0.446. The van der Waals surface area contributed by atoms with Gasteiger partial charge < -0.3 is 0 Å². The van der Waals surface area contributed by atoms with Crippen LogP contribution in [0.3, 0.4) is 0 Å². The van der Waals surface area contributed by atoms with E-state index in [9.17, 15) is 0 Å². The molecule has 0 saturated carbocycles. The van der Waals surface area contributed by atoms with E-state index >= 15 is 0 Å². The molecule has 0 bridgehead atoms. The van der Waals surface area contributed by atoms with E-state index in [2.05, 4.69) is 118 Å². The van der Waals surface area contributed by atoms with Crippen molar-refractivity contribution in [2.75, 3.05) is 5.88 Å². The Hall–Kier alpha value is -1.88. The molecule has 0 radical (unpaired) electrons. The maximum atomic E-state index is 5.56. The first-order valence-corrected chi connectivity index (χ1v) is 12.7. The summed E-state index contributed by atoms with van der Waals surface area (Å²) < 4.78 is 0. The lowest BCUT2D eigenvalue weighted by Gasteiger charge is -2.18. The highest BCUT2D eigenvalue weighted by molar-refractivity contribution is 7.79. The summed E-state index contributed by atoms with van der Waals surface area (Å²) >= 11 is 5.56. The summed E-state index contributed by atoms with van der Waals surface area (Å²) in [6, 6.07) is 32.3. The smallest absolute Gasteiger partial charge is 0.0406 e. The molecule has 158 valence electrons. The summed E-state index contributed by atoms with van der Waals surface area (Å²) in [5, 5.41) is 4.19. The molecule has 0 aromatic heterocycles. The molecular weight excluding hydrogens is 403 g/mol. The van der Waals surface area contributed by atoms with E-state index in [1.165, 1.54) is 40.7 Å². The SMILES string of the molecule is C/C(=C\CCl)CCCC(C)C.c1ccc(P(c2ccccc2)c2ccccc2)cc1. The molecule has 0 N–H and O–H groups in total. The van der Waals surface area contributed by atoms with Crippen molar-refractivity contribution < 1.29 is 0 Å². The third-order valence-electron chi connectivity index (χ3n) is 4.82. The predicted octanol–water partition coefficient (Wildman–Crippen LogP) is 7.44. The molecule has 0 aliphatic carbocycles. The minimum atomic E-state index is -0.446. The summed E-state index contributed by atoms with van der Waals surface area (Å²) in [5.41, 5.74) is 1.43. The van der Waals surface area contributed by atoms with E-state index in [0.717, 1.165) is 5.92 Å². The lowest BCUT2D eigenvalue weighted by Crippen LogP contribution is -2.20. The second-order valence-electron chi connectivity index (χ2n) is 7.83. The Labute approximate surface area is 189 Å². The van der Waals surface area contributed by atoms with Gasteiger partial charge in [0.25, 0.3) is 0 Å². The molecule has 0 unspecified atom stereocenters. The van der Waals surface area contributed by atoms with Gasteiger partial charge in [0.15, 0.2) is 0 Å². The van der Waals surface area contributed by atoms with Crippen LogP contribution in [0.4, 0.5) is 0 Å². The van der Waals surface area contributed by atoms with Crippen LogP contribution in [0, 0.1) is 5.92 Å². The van der Waals surface area contributed by atoms with Crippen molar-refractivity contribution in [3.8, 4) is 0 Å². The number of benzene rings is 3. The molecule has 0 heterocycles. The lowest BCUT2D eigenvalue weighted by atomic mass is 10.0. The minimum Gasteiger partial charge on any atom is -0.122 e. The molecule has 0 amide bonds. The van der Waals surface area contributed by atoms with Gasteiger partial charge in [-0.1, -0.05) is 123 Å². The molecule has 30 heavy (non-hydrogen) atoms. The number of halogens is 1. The molecule has 3 aromatic rings. The molecule has 0 atom stereocenters. The van der Waals surface area contributed by atoms with Gasteiger partial charge in [0.05, 0.1) is 0 Å². The number of alkyl halides is 1. The third-order valence-corrected chi connectivity index (χ3v) is 7.42. The largest absolute Gasteiger partial charge is 0.122 e. The molecule has 0 fully saturated rings. The predicted molar refractivity (Wildman–Crippen MR) is 138 cm³/mol. The van der Waals surface area contributed by atoms with Crippen molar-refractivity contribution >= 4 is 35.4 Å². The van der Waals surface area contributed by atoms with Crippen LogP contribution in [0.5, 0.6) is 0 Å². The highest BCUT2D eigenvalue weighted by Crippen LogP contribution is 2.32. The van der Waals surface area contributed by atoms with E-state index in [4.69, 9.17) is 11.6 Å². The van der Waals surface area contributed by atoms with Crippen LogP contribution in [0.2, 0.25) is 0 Å². The van der Waals surface area contributed by atoms with Crippen LogP contribution in [0.25, 0.3) is 0 Å². The van der Waals surface area contributed by atoms with E-state index in [1.807, 2.05) is 0 Å². The number of allylic oxidation sites excluding steroid dienone is 2. The van der Waals surface area contributed by atoms with Crippen LogP contribution in [0.1, 0.15) is 40.0 Å². The van der Waals surface area contributed by atoms with E-state index in [1.54, 1.807) is 0 Å². The molecule has 3 rings (SSSR count). The zero-order valence-corrected chi connectivity index (χ0v) is 20.1. The van der Waals surface area contributed by atoms with Crippen molar-refractivity contribution in [2.45, 2.75) is 40.0 Å². The molecular formula is C28H34ClP. The monoisotopic (exact) mass is 436 g/mol. The second-order valence-corrected chi connectivity index (χ2v) is 10.4. The third kappa shape index (κ3) is 8.86. The van der Waals surface area contributed by atoms with Gasteiger partial charge in [-0.05, 0) is 49.5 Å². The Morgan fingerprint density at radius 3 is 1.50 bits per heavy atom. The average molecular weight is 437 g/mol. The van der Waals surface area contributed by atoms with Crippen LogP contribution >= 0.6 is 19.5 Å². The zero-order valence-electron chi connectivity index (χ0n) is 18.5. The quantitative estimate of drug-likeness (QED) is 0.195. The number of rotatable bonds is 8. The normalized spacial score (nSPS) is 11.3. The van der Waals surface area contributed by atoms with Gasteiger partial charge in [-0.2, -0.15) is 0 Å². The molecule has 3 aromatic carbocycles. The van der Waals surface area contributed by atoms with Crippen LogP contribution in [-0.4, -0.2) is 5.88 Å².